The fourth-order valence-corrected chi connectivity index (χ4v) is 5.73. The largest absolute Gasteiger partial charge is 0.493 e. The first kappa shape index (κ1) is 26.6. The summed E-state index contributed by atoms with van der Waals surface area (Å²) < 4.78 is 17.7. The van der Waals surface area contributed by atoms with Crippen molar-refractivity contribution in [2.75, 3.05) is 58.5 Å². The number of aryl methyl sites for hydroxylation is 1. The molecule has 36 heavy (non-hydrogen) atoms. The number of carbonyl (C=O) groups excluding carboxylic acids is 1. The molecule has 4 rings (SSSR count). The number of anilines is 1. The van der Waals surface area contributed by atoms with Crippen molar-refractivity contribution in [3.05, 3.63) is 52.0 Å². The lowest BCUT2D eigenvalue weighted by molar-refractivity contribution is 0.0599. The van der Waals surface area contributed by atoms with Crippen LogP contribution < -0.4 is 14.4 Å². The Morgan fingerprint density at radius 2 is 1.83 bits per heavy atom. The molecule has 0 aromatic heterocycles. The number of likely N-dealkylation sites (tertiary alicyclic amines) is 1. The molecule has 0 aliphatic carbocycles. The molecule has 2 heterocycles. The highest BCUT2D eigenvalue weighted by molar-refractivity contribution is 9.10. The van der Waals surface area contributed by atoms with Crippen molar-refractivity contribution in [3.8, 4) is 11.5 Å². The maximum absolute atomic E-state index is 12.9. The van der Waals surface area contributed by atoms with Crippen LogP contribution in [0.3, 0.4) is 0 Å². The van der Waals surface area contributed by atoms with Crippen LogP contribution in [0.25, 0.3) is 0 Å². The number of hydrogen-bond acceptors (Lipinski definition) is 6. The molecule has 196 valence electrons. The zero-order chi connectivity index (χ0) is 25.7. The van der Waals surface area contributed by atoms with Crippen LogP contribution in [-0.2, 0) is 11.3 Å². The molecular weight excluding hydrogens is 522 g/mol. The number of amides is 1. The van der Waals surface area contributed by atoms with E-state index in [0.29, 0.717) is 31.4 Å². The molecule has 0 radical (unpaired) electrons. The minimum absolute atomic E-state index is 0.189. The van der Waals surface area contributed by atoms with Crippen molar-refractivity contribution in [1.82, 2.24) is 9.80 Å². The minimum atomic E-state index is -0.189. The molecular formula is C28H38BrN3O4. The zero-order valence-corrected chi connectivity index (χ0v) is 23.4. The predicted octanol–water partition coefficient (Wildman–Crippen LogP) is 5.33. The summed E-state index contributed by atoms with van der Waals surface area (Å²) in [5.41, 5.74) is 3.63. The molecule has 2 unspecified atom stereocenters. The molecule has 1 amide bonds. The lowest BCUT2D eigenvalue weighted by atomic mass is 9.98. The molecule has 0 saturated carbocycles. The van der Waals surface area contributed by atoms with Gasteiger partial charge in [-0.25, -0.2) is 4.79 Å². The van der Waals surface area contributed by atoms with Crippen LogP contribution in [0.4, 0.5) is 10.5 Å². The Labute approximate surface area is 223 Å². The Hall–Kier alpha value is -2.45. The van der Waals surface area contributed by atoms with Crippen LogP contribution >= 0.6 is 15.9 Å². The van der Waals surface area contributed by atoms with Gasteiger partial charge in [-0.15, -0.1) is 0 Å². The maximum atomic E-state index is 12.9. The Balaban J connectivity index is 1.27. The predicted molar refractivity (Wildman–Crippen MR) is 146 cm³/mol. The van der Waals surface area contributed by atoms with Gasteiger partial charge in [-0.1, -0.05) is 28.1 Å². The molecule has 2 aliphatic rings. The lowest BCUT2D eigenvalue weighted by Gasteiger charge is -2.41. The SMILES string of the molecule is COc1cc(Br)c(CN2CCCC(COC(=O)N3CCN(c4cccc(C)c4)C(C)C3)C2)cc1OC. The number of carbonyl (C=O) groups is 1. The van der Waals surface area contributed by atoms with Crippen LogP contribution in [0.1, 0.15) is 30.9 Å². The number of ether oxygens (including phenoxy) is 3. The van der Waals surface area contributed by atoms with E-state index in [1.165, 1.54) is 11.3 Å². The molecule has 2 aromatic rings. The van der Waals surface area contributed by atoms with Crippen molar-refractivity contribution in [2.24, 2.45) is 5.92 Å². The summed E-state index contributed by atoms with van der Waals surface area (Å²) in [7, 11) is 3.30. The summed E-state index contributed by atoms with van der Waals surface area (Å²) in [6.07, 6.45) is 1.99. The highest BCUT2D eigenvalue weighted by Crippen LogP contribution is 2.34. The number of rotatable bonds is 7. The monoisotopic (exact) mass is 559 g/mol. The van der Waals surface area contributed by atoms with Gasteiger partial charge < -0.3 is 24.0 Å². The van der Waals surface area contributed by atoms with Crippen LogP contribution in [-0.4, -0.2) is 75.5 Å². The van der Waals surface area contributed by atoms with E-state index in [1.54, 1.807) is 14.2 Å². The van der Waals surface area contributed by atoms with Crippen molar-refractivity contribution < 1.29 is 19.0 Å². The van der Waals surface area contributed by atoms with Crippen LogP contribution in [0.2, 0.25) is 0 Å². The number of hydrogen-bond donors (Lipinski definition) is 0. The number of benzene rings is 2. The van der Waals surface area contributed by atoms with Gasteiger partial charge in [0.2, 0.25) is 0 Å². The van der Waals surface area contributed by atoms with Gasteiger partial charge in [0.1, 0.15) is 0 Å². The normalized spacial score (nSPS) is 20.8. The van der Waals surface area contributed by atoms with Gasteiger partial charge in [0.25, 0.3) is 0 Å². The second kappa shape index (κ2) is 12.2. The molecule has 2 atom stereocenters. The third-order valence-corrected chi connectivity index (χ3v) is 7.95. The second-order valence-corrected chi connectivity index (χ2v) is 10.8. The smallest absolute Gasteiger partial charge is 0.409 e. The van der Waals surface area contributed by atoms with Crippen LogP contribution in [0.5, 0.6) is 11.5 Å². The third-order valence-electron chi connectivity index (χ3n) is 7.21. The van der Waals surface area contributed by atoms with E-state index in [9.17, 15) is 4.79 Å². The summed E-state index contributed by atoms with van der Waals surface area (Å²) >= 11 is 3.67. The molecule has 0 spiro atoms. The van der Waals surface area contributed by atoms with E-state index in [4.69, 9.17) is 14.2 Å². The first-order valence-corrected chi connectivity index (χ1v) is 13.5. The van der Waals surface area contributed by atoms with Crippen molar-refractivity contribution in [2.45, 2.75) is 39.3 Å². The van der Waals surface area contributed by atoms with Crippen LogP contribution in [0, 0.1) is 12.8 Å². The molecule has 8 heteroatoms. The van der Waals surface area contributed by atoms with E-state index in [0.717, 1.165) is 54.8 Å². The summed E-state index contributed by atoms with van der Waals surface area (Å²) in [6, 6.07) is 12.8. The van der Waals surface area contributed by atoms with E-state index in [-0.39, 0.29) is 12.1 Å². The van der Waals surface area contributed by atoms with E-state index < -0.39 is 0 Å². The van der Waals surface area contributed by atoms with Gasteiger partial charge in [-0.2, -0.15) is 0 Å². The summed E-state index contributed by atoms with van der Waals surface area (Å²) in [5.74, 6) is 1.79. The first-order valence-electron chi connectivity index (χ1n) is 12.8. The molecule has 2 fully saturated rings. The quantitative estimate of drug-likeness (QED) is 0.456. The standard InChI is InChI=1S/C28H38BrN3O4/c1-20-7-5-9-24(13-20)32-12-11-31(16-21(32)2)28(33)36-19-22-8-6-10-30(17-22)18-23-14-26(34-3)27(35-4)15-25(23)29/h5,7,9,13-15,21-22H,6,8,10-12,16-19H2,1-4H3. The summed E-state index contributed by atoms with van der Waals surface area (Å²) in [5, 5.41) is 0. The average molecular weight is 561 g/mol. The highest BCUT2D eigenvalue weighted by Gasteiger charge is 2.29. The third kappa shape index (κ3) is 6.45. The second-order valence-electron chi connectivity index (χ2n) is 9.95. The number of nitrogens with zero attached hydrogens (tertiary/aromatic N) is 3. The Kier molecular flexibility index (Phi) is 9.01. The molecule has 2 saturated heterocycles. The van der Waals surface area contributed by atoms with E-state index in [1.807, 2.05) is 17.0 Å². The Morgan fingerprint density at radius 1 is 1.06 bits per heavy atom. The summed E-state index contributed by atoms with van der Waals surface area (Å²) in [6.45, 7) is 9.68. The fraction of sp³-hybridized carbons (Fsp3) is 0.536. The van der Waals surface area contributed by atoms with E-state index >= 15 is 0 Å². The molecule has 2 aromatic carbocycles. The zero-order valence-electron chi connectivity index (χ0n) is 21.8. The average Bonchev–Trinajstić information content (AvgIpc) is 2.88. The number of halogens is 1. The maximum Gasteiger partial charge on any atom is 0.409 e. The first-order chi connectivity index (χ1) is 17.4. The molecule has 0 bridgehead atoms. The van der Waals surface area contributed by atoms with Gasteiger partial charge in [-0.05, 0) is 68.6 Å². The number of piperidine rings is 1. The fourth-order valence-electron chi connectivity index (χ4n) is 5.28. The van der Waals surface area contributed by atoms with Crippen molar-refractivity contribution >= 4 is 27.7 Å². The van der Waals surface area contributed by atoms with Gasteiger partial charge in [0, 0.05) is 54.8 Å². The number of methoxy groups -OCH3 is 2. The Morgan fingerprint density at radius 3 is 2.56 bits per heavy atom. The molecule has 2 aliphatic heterocycles. The topological polar surface area (TPSA) is 54.5 Å². The van der Waals surface area contributed by atoms with E-state index in [2.05, 4.69) is 63.8 Å². The van der Waals surface area contributed by atoms with Crippen LogP contribution in [0.15, 0.2) is 40.9 Å². The molecule has 0 N–H and O–H groups in total. The van der Waals surface area contributed by atoms with Crippen molar-refractivity contribution in [1.29, 1.82) is 0 Å². The van der Waals surface area contributed by atoms with Gasteiger partial charge in [0.05, 0.1) is 20.8 Å². The molecule has 7 nitrogen and oxygen atoms in total. The van der Waals surface area contributed by atoms with Gasteiger partial charge >= 0.3 is 6.09 Å². The Bertz CT molecular complexity index is 1050. The minimum Gasteiger partial charge on any atom is -0.493 e. The summed E-state index contributed by atoms with van der Waals surface area (Å²) in [4.78, 5) is 19.5. The number of piperazine rings is 1. The highest BCUT2D eigenvalue weighted by atomic mass is 79.9. The lowest BCUT2D eigenvalue weighted by Crippen LogP contribution is -2.54. The van der Waals surface area contributed by atoms with Gasteiger partial charge in [0.15, 0.2) is 11.5 Å². The van der Waals surface area contributed by atoms with Crippen molar-refractivity contribution in [3.63, 3.8) is 0 Å². The van der Waals surface area contributed by atoms with Gasteiger partial charge in [-0.3, -0.25) is 4.90 Å².